The fourth-order valence-corrected chi connectivity index (χ4v) is 2.85. The van der Waals surface area contributed by atoms with Crippen LogP contribution in [0.3, 0.4) is 0 Å². The molecule has 1 heterocycles. The lowest BCUT2D eigenvalue weighted by molar-refractivity contribution is 0.0526. The molecule has 7 nitrogen and oxygen atoms in total. The maximum absolute atomic E-state index is 11.9. The molecule has 3 aromatic rings. The first-order chi connectivity index (χ1) is 14.0. The van der Waals surface area contributed by atoms with Crippen molar-refractivity contribution in [3.8, 4) is 11.4 Å². The van der Waals surface area contributed by atoms with Gasteiger partial charge in [-0.3, -0.25) is 0 Å². The number of halogens is 2. The van der Waals surface area contributed by atoms with Crippen molar-refractivity contribution < 1.29 is 14.1 Å². The minimum atomic E-state index is -0.499. The van der Waals surface area contributed by atoms with Crippen LogP contribution in [-0.2, 0) is 11.3 Å². The summed E-state index contributed by atoms with van der Waals surface area (Å²) >= 11 is 17.2. The maximum Gasteiger partial charge on any atom is 0.339 e. The van der Waals surface area contributed by atoms with E-state index >= 15 is 0 Å². The summed E-state index contributed by atoms with van der Waals surface area (Å²) in [6.45, 7) is 2.21. The van der Waals surface area contributed by atoms with Crippen LogP contribution in [0.5, 0.6) is 0 Å². The molecule has 2 aromatic carbocycles. The number of carbonyl (C=O) groups is 1. The average molecular weight is 451 g/mol. The molecule has 0 aliphatic heterocycles. The number of hydrogen-bond donors (Lipinski definition) is 2. The number of aromatic nitrogens is 2. The zero-order valence-corrected chi connectivity index (χ0v) is 17.6. The third-order valence-electron chi connectivity index (χ3n) is 3.69. The topological polar surface area (TPSA) is 89.3 Å². The number of nitrogens with one attached hydrogen (secondary N) is 2. The predicted molar refractivity (Wildman–Crippen MR) is 115 cm³/mol. The number of ether oxygens (including phenoxy) is 1. The number of anilines is 1. The number of hydrogen-bond acceptors (Lipinski definition) is 6. The van der Waals surface area contributed by atoms with Gasteiger partial charge in [0.1, 0.15) is 0 Å². The first kappa shape index (κ1) is 21.0. The summed E-state index contributed by atoms with van der Waals surface area (Å²) in [7, 11) is 0. The Kier molecular flexibility index (Phi) is 7.03. The smallest absolute Gasteiger partial charge is 0.339 e. The Morgan fingerprint density at radius 2 is 1.97 bits per heavy atom. The van der Waals surface area contributed by atoms with Gasteiger partial charge in [0, 0.05) is 16.3 Å². The highest BCUT2D eigenvalue weighted by atomic mass is 35.5. The fraction of sp³-hybridized carbons (Fsp3) is 0.158. The van der Waals surface area contributed by atoms with Gasteiger partial charge in [-0.2, -0.15) is 4.98 Å². The summed E-state index contributed by atoms with van der Waals surface area (Å²) in [4.78, 5) is 16.2. The summed E-state index contributed by atoms with van der Waals surface area (Å²) in [5.41, 5.74) is 1.63. The van der Waals surface area contributed by atoms with E-state index in [1.165, 1.54) is 0 Å². The quantitative estimate of drug-likeness (QED) is 0.412. The molecule has 10 heteroatoms. The van der Waals surface area contributed by atoms with Crippen molar-refractivity contribution in [2.24, 2.45) is 0 Å². The number of carbonyl (C=O) groups excluding carboxylic acids is 1. The predicted octanol–water partition coefficient (Wildman–Crippen LogP) is 4.71. The molecule has 0 saturated carbocycles. The van der Waals surface area contributed by atoms with Gasteiger partial charge in [0.25, 0.3) is 0 Å². The van der Waals surface area contributed by atoms with Crippen molar-refractivity contribution in [3.63, 3.8) is 0 Å². The van der Waals surface area contributed by atoms with E-state index in [0.717, 1.165) is 5.56 Å². The Balaban J connectivity index is 1.58. The van der Waals surface area contributed by atoms with E-state index in [9.17, 15) is 4.79 Å². The molecule has 0 unspecified atom stereocenters. The third-order valence-corrected chi connectivity index (χ3v) is 4.52. The maximum atomic E-state index is 11.9. The van der Waals surface area contributed by atoms with Gasteiger partial charge in [-0.1, -0.05) is 28.4 Å². The second kappa shape index (κ2) is 9.69. The van der Waals surface area contributed by atoms with Gasteiger partial charge in [0.2, 0.25) is 11.7 Å². The van der Waals surface area contributed by atoms with Crippen LogP contribution < -0.4 is 10.6 Å². The van der Waals surface area contributed by atoms with E-state index in [2.05, 4.69) is 20.8 Å². The van der Waals surface area contributed by atoms with Crippen molar-refractivity contribution in [1.82, 2.24) is 15.5 Å². The number of esters is 1. The van der Waals surface area contributed by atoms with Gasteiger partial charge < -0.3 is 19.9 Å². The zero-order valence-electron chi connectivity index (χ0n) is 15.2. The van der Waals surface area contributed by atoms with Crippen molar-refractivity contribution in [2.75, 3.05) is 11.9 Å². The summed E-state index contributed by atoms with van der Waals surface area (Å²) in [6.07, 6.45) is 0. The van der Waals surface area contributed by atoms with Gasteiger partial charge in [-0.25, -0.2) is 4.79 Å². The highest BCUT2D eigenvalue weighted by Crippen LogP contribution is 2.22. The van der Waals surface area contributed by atoms with E-state index in [1.807, 2.05) is 0 Å². The van der Waals surface area contributed by atoms with Crippen molar-refractivity contribution >= 4 is 52.2 Å². The second-order valence-corrected chi connectivity index (χ2v) is 6.99. The summed E-state index contributed by atoms with van der Waals surface area (Å²) in [5.74, 6) is 0.317. The number of thiocarbonyl (C=S) groups is 1. The molecule has 29 heavy (non-hydrogen) atoms. The molecular formula is C19H16Cl2N4O3S. The standard InChI is InChI=1S/C19H16Cl2N4O3S/c1-2-27-18(26)14-9-13(7-8-15(14)21)23-19(29)22-10-16-24-17(25-28-16)11-3-5-12(20)6-4-11/h3-9H,2,10H2,1H3,(H2,22,23,29). The molecule has 0 bridgehead atoms. The van der Waals surface area contributed by atoms with E-state index in [0.29, 0.717) is 32.6 Å². The SMILES string of the molecule is CCOC(=O)c1cc(NC(=S)NCc2nc(-c3ccc(Cl)cc3)no2)ccc1Cl. The molecule has 0 amide bonds. The zero-order chi connectivity index (χ0) is 20.8. The molecule has 0 fully saturated rings. The van der Waals surface area contributed by atoms with E-state index in [1.54, 1.807) is 49.4 Å². The number of nitrogens with zero attached hydrogens (tertiary/aromatic N) is 2. The molecule has 2 N–H and O–H groups in total. The van der Waals surface area contributed by atoms with Crippen molar-refractivity contribution in [3.05, 3.63) is 64.0 Å². The van der Waals surface area contributed by atoms with Gasteiger partial charge in [0.15, 0.2) is 5.11 Å². The molecule has 150 valence electrons. The molecular weight excluding hydrogens is 435 g/mol. The van der Waals surface area contributed by atoms with Crippen LogP contribution >= 0.6 is 35.4 Å². The molecule has 0 radical (unpaired) electrons. The minimum Gasteiger partial charge on any atom is -0.462 e. The highest BCUT2D eigenvalue weighted by molar-refractivity contribution is 7.80. The highest BCUT2D eigenvalue weighted by Gasteiger charge is 2.13. The molecule has 0 aliphatic rings. The van der Waals surface area contributed by atoms with Crippen LogP contribution in [0.1, 0.15) is 23.2 Å². The largest absolute Gasteiger partial charge is 0.462 e. The number of rotatable bonds is 6. The van der Waals surface area contributed by atoms with E-state index in [-0.39, 0.29) is 18.7 Å². The fourth-order valence-electron chi connectivity index (χ4n) is 2.34. The Labute approximate surface area is 182 Å². The number of benzene rings is 2. The lowest BCUT2D eigenvalue weighted by Gasteiger charge is -2.11. The van der Waals surface area contributed by atoms with Gasteiger partial charge in [-0.05, 0) is 61.6 Å². The Morgan fingerprint density at radius 3 is 2.69 bits per heavy atom. The van der Waals surface area contributed by atoms with Gasteiger partial charge in [-0.15, -0.1) is 0 Å². The van der Waals surface area contributed by atoms with E-state index in [4.69, 9.17) is 44.7 Å². The normalized spacial score (nSPS) is 10.4. The summed E-state index contributed by atoms with van der Waals surface area (Å²) in [5, 5.41) is 11.1. The molecule has 1 aromatic heterocycles. The van der Waals surface area contributed by atoms with Gasteiger partial charge >= 0.3 is 5.97 Å². The molecule has 0 saturated heterocycles. The molecule has 0 aliphatic carbocycles. The summed E-state index contributed by atoms with van der Waals surface area (Å²) in [6, 6.07) is 12.0. The second-order valence-electron chi connectivity index (χ2n) is 5.74. The Hall–Kier alpha value is -2.68. The molecule has 0 atom stereocenters. The van der Waals surface area contributed by atoms with Crippen LogP contribution in [0, 0.1) is 0 Å². The Bertz CT molecular complexity index is 1020. The van der Waals surface area contributed by atoms with Crippen LogP contribution in [0.2, 0.25) is 10.0 Å². The van der Waals surface area contributed by atoms with Crippen LogP contribution in [0.25, 0.3) is 11.4 Å². The first-order valence-electron chi connectivity index (χ1n) is 8.56. The first-order valence-corrected chi connectivity index (χ1v) is 9.72. The lowest BCUT2D eigenvalue weighted by Crippen LogP contribution is -2.28. The van der Waals surface area contributed by atoms with Crippen molar-refractivity contribution in [1.29, 1.82) is 0 Å². The summed E-state index contributed by atoms with van der Waals surface area (Å²) < 4.78 is 10.2. The molecule has 3 rings (SSSR count). The van der Waals surface area contributed by atoms with E-state index < -0.39 is 5.97 Å². The minimum absolute atomic E-state index is 0.227. The van der Waals surface area contributed by atoms with Crippen LogP contribution in [0.4, 0.5) is 5.69 Å². The van der Waals surface area contributed by atoms with Crippen LogP contribution in [0.15, 0.2) is 47.0 Å². The van der Waals surface area contributed by atoms with Gasteiger partial charge in [0.05, 0.1) is 23.7 Å². The Morgan fingerprint density at radius 1 is 1.21 bits per heavy atom. The average Bonchev–Trinajstić information content (AvgIpc) is 3.17. The third kappa shape index (κ3) is 5.66. The lowest BCUT2D eigenvalue weighted by atomic mass is 10.2. The van der Waals surface area contributed by atoms with Crippen molar-refractivity contribution in [2.45, 2.75) is 13.5 Å². The molecule has 0 spiro atoms. The van der Waals surface area contributed by atoms with Crippen LogP contribution in [-0.4, -0.2) is 27.8 Å². The monoisotopic (exact) mass is 450 g/mol.